The highest BCUT2D eigenvalue weighted by Gasteiger charge is 2.14. The zero-order chi connectivity index (χ0) is 13.1. The summed E-state index contributed by atoms with van der Waals surface area (Å²) in [7, 11) is 1.98. The molecule has 0 saturated carbocycles. The van der Waals surface area contributed by atoms with Crippen molar-refractivity contribution in [3.63, 3.8) is 0 Å². The normalized spacial score (nSPS) is 12.4. The van der Waals surface area contributed by atoms with Crippen LogP contribution in [0.2, 0.25) is 0 Å². The van der Waals surface area contributed by atoms with Crippen molar-refractivity contribution in [2.45, 2.75) is 26.5 Å². The van der Waals surface area contributed by atoms with Crippen LogP contribution in [0, 0.1) is 6.92 Å². The first-order valence-corrected chi connectivity index (χ1v) is 6.70. The first-order valence-electron chi connectivity index (χ1n) is 5.82. The highest BCUT2D eigenvalue weighted by Crippen LogP contribution is 2.25. The summed E-state index contributed by atoms with van der Waals surface area (Å²) >= 11 is 1.64. The monoisotopic (exact) mass is 263 g/mol. The van der Waals surface area contributed by atoms with Gasteiger partial charge in [0.05, 0.1) is 23.9 Å². The van der Waals surface area contributed by atoms with Crippen LogP contribution in [-0.2, 0) is 6.54 Å². The van der Waals surface area contributed by atoms with Crippen LogP contribution in [-0.4, -0.2) is 22.1 Å². The van der Waals surface area contributed by atoms with Crippen molar-refractivity contribution in [3.8, 4) is 0 Å². The number of pyridine rings is 1. The second kappa shape index (κ2) is 5.46. The summed E-state index contributed by atoms with van der Waals surface area (Å²) in [5.74, 6) is 0.820. The molecule has 5 heteroatoms. The Morgan fingerprint density at radius 2 is 2.22 bits per heavy atom. The molecular weight excluding hydrogens is 246 g/mol. The molecule has 18 heavy (non-hydrogen) atoms. The van der Waals surface area contributed by atoms with Crippen LogP contribution in [0.25, 0.3) is 0 Å². The summed E-state index contributed by atoms with van der Waals surface area (Å²) in [6.45, 7) is 4.52. The van der Waals surface area contributed by atoms with E-state index in [1.807, 2.05) is 36.5 Å². The first kappa shape index (κ1) is 13.0. The zero-order valence-electron chi connectivity index (χ0n) is 10.8. The summed E-state index contributed by atoms with van der Waals surface area (Å²) in [5, 5.41) is 9.76. The standard InChI is InChI=1S/C13H17N3OS/c1-9-12(18-8-15-9)7-16(3)13-11(10(2)17)5-4-6-14-13/h4-6,8,10,17H,7H2,1-3H3/t10-/m1/s1. The van der Waals surface area contributed by atoms with E-state index in [2.05, 4.69) is 9.97 Å². The van der Waals surface area contributed by atoms with E-state index in [1.165, 1.54) is 4.88 Å². The fourth-order valence-corrected chi connectivity index (χ4v) is 2.65. The Balaban J connectivity index is 2.24. The molecule has 0 unspecified atom stereocenters. The van der Waals surface area contributed by atoms with Crippen molar-refractivity contribution in [3.05, 3.63) is 40.0 Å². The quantitative estimate of drug-likeness (QED) is 0.921. The van der Waals surface area contributed by atoms with E-state index < -0.39 is 6.10 Å². The predicted molar refractivity (Wildman–Crippen MR) is 73.8 cm³/mol. The van der Waals surface area contributed by atoms with Crippen LogP contribution < -0.4 is 4.90 Å². The molecular formula is C13H17N3OS. The molecule has 0 aliphatic heterocycles. The van der Waals surface area contributed by atoms with Gasteiger partial charge in [-0.05, 0) is 19.9 Å². The highest BCUT2D eigenvalue weighted by molar-refractivity contribution is 7.09. The van der Waals surface area contributed by atoms with Crippen LogP contribution >= 0.6 is 11.3 Å². The summed E-state index contributed by atoms with van der Waals surface area (Å²) in [4.78, 5) is 11.9. The molecule has 96 valence electrons. The molecule has 0 amide bonds. The largest absolute Gasteiger partial charge is 0.389 e. The lowest BCUT2D eigenvalue weighted by molar-refractivity contribution is 0.199. The molecule has 0 aliphatic carbocycles. The molecule has 0 aromatic carbocycles. The summed E-state index contributed by atoms with van der Waals surface area (Å²) < 4.78 is 0. The van der Waals surface area contributed by atoms with Gasteiger partial charge in [-0.1, -0.05) is 6.07 Å². The summed E-state index contributed by atoms with van der Waals surface area (Å²) in [6, 6.07) is 3.75. The third-order valence-corrected chi connectivity index (χ3v) is 3.77. The number of rotatable bonds is 4. The van der Waals surface area contributed by atoms with Gasteiger partial charge in [0.25, 0.3) is 0 Å². The van der Waals surface area contributed by atoms with Crippen LogP contribution in [0.1, 0.15) is 29.2 Å². The van der Waals surface area contributed by atoms with Crippen LogP contribution in [0.15, 0.2) is 23.8 Å². The van der Waals surface area contributed by atoms with Crippen molar-refractivity contribution >= 4 is 17.2 Å². The minimum absolute atomic E-state index is 0.515. The predicted octanol–water partition coefficient (Wildman–Crippen LogP) is 2.54. The molecule has 0 aliphatic rings. The lowest BCUT2D eigenvalue weighted by atomic mass is 10.1. The van der Waals surface area contributed by atoms with Gasteiger partial charge in [-0.25, -0.2) is 9.97 Å². The van der Waals surface area contributed by atoms with Crippen LogP contribution in [0.4, 0.5) is 5.82 Å². The Kier molecular flexibility index (Phi) is 3.93. The molecule has 0 saturated heterocycles. The van der Waals surface area contributed by atoms with Crippen molar-refractivity contribution < 1.29 is 5.11 Å². The summed E-state index contributed by atoms with van der Waals surface area (Å²) in [5.41, 5.74) is 3.76. The highest BCUT2D eigenvalue weighted by atomic mass is 32.1. The molecule has 0 bridgehead atoms. The van der Waals surface area contributed by atoms with E-state index in [0.29, 0.717) is 0 Å². The van der Waals surface area contributed by atoms with Crippen LogP contribution in [0.3, 0.4) is 0 Å². The van der Waals surface area contributed by atoms with E-state index in [-0.39, 0.29) is 0 Å². The number of aliphatic hydroxyl groups excluding tert-OH is 1. The number of aromatic nitrogens is 2. The van der Waals surface area contributed by atoms with Gasteiger partial charge < -0.3 is 10.0 Å². The molecule has 0 spiro atoms. The van der Waals surface area contributed by atoms with E-state index >= 15 is 0 Å². The minimum Gasteiger partial charge on any atom is -0.389 e. The molecule has 0 radical (unpaired) electrons. The lowest BCUT2D eigenvalue weighted by Gasteiger charge is -2.21. The molecule has 0 fully saturated rings. The third kappa shape index (κ3) is 2.68. The molecule has 2 heterocycles. The van der Waals surface area contributed by atoms with Gasteiger partial charge in [-0.15, -0.1) is 11.3 Å². The number of hydrogen-bond donors (Lipinski definition) is 1. The van der Waals surface area contributed by atoms with E-state index in [9.17, 15) is 5.11 Å². The van der Waals surface area contributed by atoms with Gasteiger partial charge >= 0.3 is 0 Å². The molecule has 1 N–H and O–H groups in total. The van der Waals surface area contributed by atoms with Crippen LogP contribution in [0.5, 0.6) is 0 Å². The Labute approximate surface area is 111 Å². The van der Waals surface area contributed by atoms with Crippen molar-refractivity contribution in [1.82, 2.24) is 9.97 Å². The smallest absolute Gasteiger partial charge is 0.134 e. The second-order valence-electron chi connectivity index (χ2n) is 4.31. The number of aryl methyl sites for hydroxylation is 1. The average molecular weight is 263 g/mol. The molecule has 2 aromatic heterocycles. The van der Waals surface area contributed by atoms with Crippen molar-refractivity contribution in [1.29, 1.82) is 0 Å². The van der Waals surface area contributed by atoms with E-state index in [1.54, 1.807) is 24.5 Å². The maximum Gasteiger partial charge on any atom is 0.134 e. The molecule has 1 atom stereocenters. The molecule has 2 rings (SSSR count). The fourth-order valence-electron chi connectivity index (χ4n) is 1.82. The Hall–Kier alpha value is -1.46. The van der Waals surface area contributed by atoms with Gasteiger partial charge in [-0.3, -0.25) is 0 Å². The summed E-state index contributed by atoms with van der Waals surface area (Å²) in [6.07, 6.45) is 1.23. The number of anilines is 1. The van der Waals surface area contributed by atoms with Crippen molar-refractivity contribution in [2.75, 3.05) is 11.9 Å². The number of hydrogen-bond acceptors (Lipinski definition) is 5. The molecule has 4 nitrogen and oxygen atoms in total. The Morgan fingerprint density at radius 3 is 2.83 bits per heavy atom. The van der Waals surface area contributed by atoms with Gasteiger partial charge in [0.2, 0.25) is 0 Å². The van der Waals surface area contributed by atoms with Gasteiger partial charge in [0, 0.05) is 23.7 Å². The molecule has 2 aromatic rings. The number of thiazole rings is 1. The average Bonchev–Trinajstić information content (AvgIpc) is 2.75. The van der Waals surface area contributed by atoms with Gasteiger partial charge in [0.15, 0.2) is 0 Å². The number of nitrogens with zero attached hydrogens (tertiary/aromatic N) is 3. The topological polar surface area (TPSA) is 49.2 Å². The van der Waals surface area contributed by atoms with E-state index in [4.69, 9.17) is 0 Å². The third-order valence-electron chi connectivity index (χ3n) is 2.85. The van der Waals surface area contributed by atoms with E-state index in [0.717, 1.165) is 23.6 Å². The maximum atomic E-state index is 9.76. The minimum atomic E-state index is -0.515. The zero-order valence-corrected chi connectivity index (χ0v) is 11.6. The van der Waals surface area contributed by atoms with Crippen molar-refractivity contribution in [2.24, 2.45) is 0 Å². The number of aliphatic hydroxyl groups is 1. The van der Waals surface area contributed by atoms with Gasteiger partial charge in [-0.2, -0.15) is 0 Å². The first-order chi connectivity index (χ1) is 8.59. The Morgan fingerprint density at radius 1 is 1.44 bits per heavy atom. The maximum absolute atomic E-state index is 9.76. The Bertz CT molecular complexity index is 524. The second-order valence-corrected chi connectivity index (χ2v) is 5.25. The lowest BCUT2D eigenvalue weighted by Crippen LogP contribution is -2.19. The fraction of sp³-hybridized carbons (Fsp3) is 0.385. The SMILES string of the molecule is Cc1ncsc1CN(C)c1ncccc1[C@@H](C)O. The van der Waals surface area contributed by atoms with Gasteiger partial charge in [0.1, 0.15) is 5.82 Å².